The molecular weight excluding hydrogens is 423 g/mol. The van der Waals surface area contributed by atoms with Crippen LogP contribution in [0.1, 0.15) is 5.56 Å². The normalized spacial score (nSPS) is 11.4. The van der Waals surface area contributed by atoms with E-state index in [-0.39, 0.29) is 29.7 Å². The Morgan fingerprint density at radius 2 is 1.73 bits per heavy atom. The molecule has 9 nitrogen and oxygen atoms in total. The summed E-state index contributed by atoms with van der Waals surface area (Å²) in [6.45, 7) is 0.158. The summed E-state index contributed by atoms with van der Waals surface area (Å²) in [7, 11) is 0. The molecule has 5 aromatic rings. The van der Waals surface area contributed by atoms with E-state index in [1.54, 1.807) is 53.3 Å². The summed E-state index contributed by atoms with van der Waals surface area (Å²) in [4.78, 5) is 12.8. The maximum atomic E-state index is 14.2. The molecule has 0 atom stereocenters. The van der Waals surface area contributed by atoms with E-state index in [1.807, 2.05) is 18.2 Å². The molecule has 10 heteroatoms. The first-order valence-electron chi connectivity index (χ1n) is 9.99. The molecule has 0 unspecified atom stereocenters. The number of azo groups is 1. The molecule has 2 aromatic carbocycles. The van der Waals surface area contributed by atoms with Crippen LogP contribution < -0.4 is 5.73 Å². The third-order valence-corrected chi connectivity index (χ3v) is 4.91. The van der Waals surface area contributed by atoms with Crippen LogP contribution in [0.4, 0.5) is 21.6 Å². The van der Waals surface area contributed by atoms with Crippen molar-refractivity contribution in [1.29, 1.82) is 0 Å². The van der Waals surface area contributed by atoms with E-state index in [0.29, 0.717) is 28.0 Å². The zero-order valence-corrected chi connectivity index (χ0v) is 17.2. The topological polar surface area (TPSA) is 127 Å². The summed E-state index contributed by atoms with van der Waals surface area (Å²) in [6.07, 6.45) is 1.62. The SMILES string of the molecule is Nc1nc(-c2nn(Cc3ccccc3F)c3ncccc23)nc(O)c1N=Nc1ccccc1. The predicted octanol–water partition coefficient (Wildman–Crippen LogP) is 4.78. The molecule has 0 aliphatic heterocycles. The largest absolute Gasteiger partial charge is 0.492 e. The molecule has 0 aliphatic rings. The van der Waals surface area contributed by atoms with Crippen LogP contribution in [-0.2, 0) is 6.54 Å². The number of hydrogen-bond donors (Lipinski definition) is 2. The summed E-state index contributed by atoms with van der Waals surface area (Å²) >= 11 is 0. The second-order valence-corrected chi connectivity index (χ2v) is 7.11. The molecule has 0 spiro atoms. The highest BCUT2D eigenvalue weighted by Crippen LogP contribution is 2.35. The van der Waals surface area contributed by atoms with Crippen LogP contribution >= 0.6 is 0 Å². The molecule has 0 bridgehead atoms. The van der Waals surface area contributed by atoms with Crippen LogP contribution in [0.3, 0.4) is 0 Å². The molecule has 0 fully saturated rings. The van der Waals surface area contributed by atoms with Crippen molar-refractivity contribution in [2.45, 2.75) is 6.54 Å². The van der Waals surface area contributed by atoms with Crippen molar-refractivity contribution in [3.63, 3.8) is 0 Å². The average Bonchev–Trinajstić information content (AvgIpc) is 3.19. The van der Waals surface area contributed by atoms with Crippen LogP contribution in [0.5, 0.6) is 5.88 Å². The van der Waals surface area contributed by atoms with Gasteiger partial charge in [-0.3, -0.25) is 0 Å². The predicted molar refractivity (Wildman–Crippen MR) is 121 cm³/mol. The van der Waals surface area contributed by atoms with Gasteiger partial charge in [-0.15, -0.1) is 5.11 Å². The van der Waals surface area contributed by atoms with Crippen LogP contribution in [-0.4, -0.2) is 29.8 Å². The zero-order valence-electron chi connectivity index (χ0n) is 17.2. The monoisotopic (exact) mass is 440 g/mol. The zero-order chi connectivity index (χ0) is 22.8. The Morgan fingerprint density at radius 1 is 0.939 bits per heavy atom. The van der Waals surface area contributed by atoms with Crippen molar-refractivity contribution in [3.05, 3.63) is 84.3 Å². The lowest BCUT2D eigenvalue weighted by molar-refractivity contribution is 0.454. The van der Waals surface area contributed by atoms with E-state index >= 15 is 0 Å². The first-order chi connectivity index (χ1) is 16.1. The molecule has 3 aromatic heterocycles. The van der Waals surface area contributed by atoms with E-state index in [0.717, 1.165) is 0 Å². The summed E-state index contributed by atoms with van der Waals surface area (Å²) < 4.78 is 15.8. The third kappa shape index (κ3) is 3.97. The number of pyridine rings is 1. The number of nitrogen functional groups attached to an aromatic ring is 1. The number of benzene rings is 2. The molecule has 0 amide bonds. The van der Waals surface area contributed by atoms with Gasteiger partial charge >= 0.3 is 0 Å². The number of aromatic hydroxyl groups is 1. The van der Waals surface area contributed by atoms with Crippen LogP contribution in [0.25, 0.3) is 22.6 Å². The number of nitrogens with zero attached hydrogens (tertiary/aromatic N) is 7. The highest BCUT2D eigenvalue weighted by Gasteiger charge is 2.20. The van der Waals surface area contributed by atoms with Gasteiger partial charge in [0.25, 0.3) is 0 Å². The minimum absolute atomic E-state index is 0.0455. The molecule has 0 radical (unpaired) electrons. The molecular formula is C23H17FN8O. The summed E-state index contributed by atoms with van der Waals surface area (Å²) in [5, 5.41) is 23.7. The summed E-state index contributed by atoms with van der Waals surface area (Å²) in [5.41, 5.74) is 7.92. The maximum Gasteiger partial charge on any atom is 0.245 e. The molecule has 3 heterocycles. The summed E-state index contributed by atoms with van der Waals surface area (Å²) in [6, 6.07) is 19.0. The van der Waals surface area contributed by atoms with E-state index in [2.05, 4.69) is 30.3 Å². The number of rotatable bonds is 5. The minimum Gasteiger partial charge on any atom is -0.492 e. The van der Waals surface area contributed by atoms with Gasteiger partial charge in [0.2, 0.25) is 5.88 Å². The lowest BCUT2D eigenvalue weighted by atomic mass is 10.2. The van der Waals surface area contributed by atoms with Crippen molar-refractivity contribution < 1.29 is 9.50 Å². The quantitative estimate of drug-likeness (QED) is 0.379. The van der Waals surface area contributed by atoms with Crippen LogP contribution in [0, 0.1) is 5.82 Å². The van der Waals surface area contributed by atoms with E-state index in [4.69, 9.17) is 5.73 Å². The fourth-order valence-electron chi connectivity index (χ4n) is 3.34. The minimum atomic E-state index is -0.433. The first-order valence-corrected chi connectivity index (χ1v) is 9.99. The van der Waals surface area contributed by atoms with Crippen LogP contribution in [0.15, 0.2) is 83.2 Å². The van der Waals surface area contributed by atoms with Gasteiger partial charge in [0.15, 0.2) is 23.0 Å². The third-order valence-electron chi connectivity index (χ3n) is 4.91. The highest BCUT2D eigenvalue weighted by atomic mass is 19.1. The number of aromatic nitrogens is 5. The number of anilines is 1. The molecule has 33 heavy (non-hydrogen) atoms. The lowest BCUT2D eigenvalue weighted by Gasteiger charge is -2.05. The van der Waals surface area contributed by atoms with Gasteiger partial charge in [0.1, 0.15) is 11.5 Å². The number of nitrogens with two attached hydrogens (primary N) is 1. The molecule has 0 saturated carbocycles. The fraction of sp³-hybridized carbons (Fsp3) is 0.0435. The van der Waals surface area contributed by atoms with Gasteiger partial charge in [0, 0.05) is 11.8 Å². The van der Waals surface area contributed by atoms with Gasteiger partial charge in [-0.05, 0) is 30.3 Å². The van der Waals surface area contributed by atoms with Crippen LogP contribution in [0.2, 0.25) is 0 Å². The molecule has 5 rings (SSSR count). The average molecular weight is 440 g/mol. The molecule has 0 aliphatic carbocycles. The number of fused-ring (bicyclic) bond motifs is 1. The van der Waals surface area contributed by atoms with Gasteiger partial charge < -0.3 is 10.8 Å². The van der Waals surface area contributed by atoms with Gasteiger partial charge in [-0.1, -0.05) is 36.4 Å². The molecule has 0 saturated heterocycles. The van der Waals surface area contributed by atoms with E-state index in [1.165, 1.54) is 6.07 Å². The Morgan fingerprint density at radius 3 is 2.52 bits per heavy atom. The Kier molecular flexibility index (Phi) is 5.15. The highest BCUT2D eigenvalue weighted by molar-refractivity contribution is 5.89. The number of hydrogen-bond acceptors (Lipinski definition) is 8. The Labute approximate surface area is 187 Å². The van der Waals surface area contributed by atoms with Crippen molar-refractivity contribution in [1.82, 2.24) is 24.7 Å². The standard InChI is InChI=1S/C23H17FN8O/c24-17-11-5-4-7-14(17)13-32-22-16(10-6-12-26-22)18(31-32)21-27-20(25)19(23(33)28-21)30-29-15-8-2-1-3-9-15/h1-12H,13H2,(H3,25,27,28,33). The Hall–Kier alpha value is -4.73. The van der Waals surface area contributed by atoms with Crippen molar-refractivity contribution in [2.24, 2.45) is 10.2 Å². The smallest absolute Gasteiger partial charge is 0.245 e. The van der Waals surface area contributed by atoms with E-state index < -0.39 is 5.88 Å². The lowest BCUT2D eigenvalue weighted by Crippen LogP contribution is -2.05. The molecule has 3 N–H and O–H groups in total. The van der Waals surface area contributed by atoms with E-state index in [9.17, 15) is 9.50 Å². The Balaban J connectivity index is 1.56. The first kappa shape index (κ1) is 20.2. The second kappa shape index (κ2) is 8.42. The van der Waals surface area contributed by atoms with Gasteiger partial charge in [0.05, 0.1) is 17.6 Å². The number of halogens is 1. The maximum absolute atomic E-state index is 14.2. The van der Waals surface area contributed by atoms with Crippen molar-refractivity contribution in [3.8, 4) is 17.4 Å². The van der Waals surface area contributed by atoms with Gasteiger partial charge in [-0.2, -0.15) is 15.2 Å². The summed E-state index contributed by atoms with van der Waals surface area (Å²) in [5.74, 6) is -0.741. The van der Waals surface area contributed by atoms with Crippen molar-refractivity contribution >= 4 is 28.2 Å². The van der Waals surface area contributed by atoms with Gasteiger partial charge in [-0.25, -0.2) is 19.0 Å². The second-order valence-electron chi connectivity index (χ2n) is 7.11. The fourth-order valence-corrected chi connectivity index (χ4v) is 3.34. The molecule has 162 valence electrons. The Bertz CT molecular complexity index is 1460. The van der Waals surface area contributed by atoms with Crippen molar-refractivity contribution in [2.75, 3.05) is 5.73 Å².